The highest BCUT2D eigenvalue weighted by atomic mass is 19.4. The molecule has 0 aliphatic heterocycles. The average molecular weight is 569 g/mol. The zero-order valence-electron chi connectivity index (χ0n) is 21.6. The van der Waals surface area contributed by atoms with E-state index < -0.39 is 30.0 Å². The van der Waals surface area contributed by atoms with Crippen molar-refractivity contribution < 1.29 is 35.9 Å². The molecule has 0 heterocycles. The Balaban J connectivity index is 1.49. The molecule has 0 radical (unpaired) electrons. The van der Waals surface area contributed by atoms with E-state index in [4.69, 9.17) is 10.5 Å². The lowest BCUT2D eigenvalue weighted by Gasteiger charge is -2.26. The third kappa shape index (κ3) is 7.92. The number of alkyl halides is 6. The largest absolute Gasteiger partial charge is 0.491 e. The standard InChI is InChI=1S/C28H30F6N4O2/c29-27(30,31)21-11-19(12-22(14-21)28(32,33)34)15-37-26(35)38-23-8-7-20(13-24(23)40-16-18-5-2-6-18)25(39)36-10-9-17-3-1-4-17/h7-9,11-14,18H,1-6,10,15-16H2,(H,36,39)(H3,35,37,38). The van der Waals surface area contributed by atoms with Crippen LogP contribution in [0.15, 0.2) is 53.0 Å². The monoisotopic (exact) mass is 568 g/mol. The van der Waals surface area contributed by atoms with Crippen LogP contribution in [-0.2, 0) is 18.9 Å². The summed E-state index contributed by atoms with van der Waals surface area (Å²) in [6, 6.07) is 5.94. The van der Waals surface area contributed by atoms with Gasteiger partial charge < -0.3 is 21.1 Å². The van der Waals surface area contributed by atoms with Crippen LogP contribution in [0.3, 0.4) is 0 Å². The van der Waals surface area contributed by atoms with E-state index in [1.807, 2.05) is 6.08 Å². The number of carbonyl (C=O) groups excluding carboxylic acids is 1. The van der Waals surface area contributed by atoms with E-state index in [1.165, 1.54) is 5.57 Å². The highest BCUT2D eigenvalue weighted by molar-refractivity contribution is 5.97. The van der Waals surface area contributed by atoms with Crippen LogP contribution in [0, 0.1) is 5.92 Å². The lowest BCUT2D eigenvalue weighted by atomic mass is 9.86. The Bertz CT molecular complexity index is 1240. The number of aliphatic imine (C=N–C) groups is 1. The first kappa shape index (κ1) is 29.3. The molecule has 0 unspecified atom stereocenters. The first-order chi connectivity index (χ1) is 18.9. The van der Waals surface area contributed by atoms with E-state index in [0.717, 1.165) is 38.5 Å². The molecule has 40 heavy (non-hydrogen) atoms. The van der Waals surface area contributed by atoms with Crippen molar-refractivity contribution in [1.82, 2.24) is 5.32 Å². The van der Waals surface area contributed by atoms with Crippen LogP contribution in [0.2, 0.25) is 0 Å². The number of halogens is 6. The minimum Gasteiger partial charge on any atom is -0.491 e. The molecule has 12 heteroatoms. The molecule has 216 valence electrons. The van der Waals surface area contributed by atoms with Crippen molar-refractivity contribution in [3.05, 3.63) is 70.3 Å². The first-order valence-electron chi connectivity index (χ1n) is 13.0. The lowest BCUT2D eigenvalue weighted by Crippen LogP contribution is -2.26. The lowest BCUT2D eigenvalue weighted by molar-refractivity contribution is -0.143. The number of guanidine groups is 1. The van der Waals surface area contributed by atoms with E-state index >= 15 is 0 Å². The number of carbonyl (C=O) groups is 1. The van der Waals surface area contributed by atoms with Crippen molar-refractivity contribution in [3.63, 3.8) is 0 Å². The number of anilines is 1. The Morgan fingerprint density at radius 1 is 1.00 bits per heavy atom. The molecule has 4 N–H and O–H groups in total. The van der Waals surface area contributed by atoms with E-state index in [-0.39, 0.29) is 23.5 Å². The molecule has 1 amide bonds. The molecular formula is C28H30F6N4O2. The quantitative estimate of drug-likeness (QED) is 0.136. The molecule has 2 aliphatic carbocycles. The maximum absolute atomic E-state index is 13.2. The van der Waals surface area contributed by atoms with E-state index in [0.29, 0.717) is 48.2 Å². The summed E-state index contributed by atoms with van der Waals surface area (Å²) >= 11 is 0. The predicted molar refractivity (Wildman–Crippen MR) is 139 cm³/mol. The summed E-state index contributed by atoms with van der Waals surface area (Å²) in [4.78, 5) is 16.6. The maximum Gasteiger partial charge on any atom is 0.416 e. The zero-order chi connectivity index (χ0) is 28.9. The van der Waals surface area contributed by atoms with Crippen molar-refractivity contribution in [3.8, 4) is 5.75 Å². The summed E-state index contributed by atoms with van der Waals surface area (Å²) in [6.45, 7) is 0.311. The molecule has 6 nitrogen and oxygen atoms in total. The first-order valence-corrected chi connectivity index (χ1v) is 13.0. The number of allylic oxidation sites excluding steroid dienone is 1. The number of nitrogens with zero attached hydrogens (tertiary/aromatic N) is 1. The number of hydrogen-bond donors (Lipinski definition) is 3. The normalized spacial score (nSPS) is 16.1. The molecule has 2 saturated carbocycles. The summed E-state index contributed by atoms with van der Waals surface area (Å²) in [5, 5.41) is 5.63. The summed E-state index contributed by atoms with van der Waals surface area (Å²) in [7, 11) is 0. The number of nitrogens with two attached hydrogens (primary N) is 1. The van der Waals surface area contributed by atoms with Gasteiger partial charge in [-0.1, -0.05) is 18.1 Å². The van der Waals surface area contributed by atoms with Crippen LogP contribution in [0.25, 0.3) is 0 Å². The number of rotatable bonds is 9. The van der Waals surface area contributed by atoms with Gasteiger partial charge >= 0.3 is 12.4 Å². The summed E-state index contributed by atoms with van der Waals surface area (Å²) in [5.41, 5.74) is 4.80. The fourth-order valence-corrected chi connectivity index (χ4v) is 4.19. The average Bonchev–Trinajstić information content (AvgIpc) is 2.82. The Labute approximate surface area is 227 Å². The fraction of sp³-hybridized carbons (Fsp3) is 0.429. The molecular weight excluding hydrogens is 538 g/mol. The van der Waals surface area contributed by atoms with Crippen LogP contribution in [0.4, 0.5) is 32.0 Å². The zero-order valence-corrected chi connectivity index (χ0v) is 21.6. The molecule has 0 atom stereocenters. The topological polar surface area (TPSA) is 88.7 Å². The maximum atomic E-state index is 13.2. The van der Waals surface area contributed by atoms with Crippen molar-refractivity contribution in [2.75, 3.05) is 18.5 Å². The van der Waals surface area contributed by atoms with Crippen LogP contribution < -0.4 is 21.1 Å². The van der Waals surface area contributed by atoms with Gasteiger partial charge in [-0.25, -0.2) is 4.99 Å². The van der Waals surface area contributed by atoms with E-state index in [1.54, 1.807) is 18.2 Å². The van der Waals surface area contributed by atoms with Gasteiger partial charge in [0.2, 0.25) is 0 Å². The van der Waals surface area contributed by atoms with Crippen LogP contribution in [-0.4, -0.2) is 25.0 Å². The number of amides is 1. The Morgan fingerprint density at radius 2 is 1.68 bits per heavy atom. The minimum absolute atomic E-state index is 0.0580. The number of benzene rings is 2. The number of hydrogen-bond acceptors (Lipinski definition) is 3. The van der Waals surface area contributed by atoms with Gasteiger partial charge in [0.15, 0.2) is 5.96 Å². The van der Waals surface area contributed by atoms with Crippen LogP contribution in [0.1, 0.15) is 65.6 Å². The van der Waals surface area contributed by atoms with E-state index in [2.05, 4.69) is 15.6 Å². The molecule has 2 aliphatic rings. The molecule has 2 fully saturated rings. The molecule has 2 aromatic carbocycles. The third-order valence-corrected chi connectivity index (χ3v) is 6.93. The van der Waals surface area contributed by atoms with Gasteiger partial charge in [0, 0.05) is 12.1 Å². The van der Waals surface area contributed by atoms with Crippen molar-refractivity contribution in [2.45, 2.75) is 57.4 Å². The highest BCUT2D eigenvalue weighted by Crippen LogP contribution is 2.36. The Morgan fingerprint density at radius 3 is 2.23 bits per heavy atom. The summed E-state index contributed by atoms with van der Waals surface area (Å²) in [5.74, 6) is 0.175. The SMILES string of the molecule is NC(=NCc1cc(C(F)(F)F)cc(C(F)(F)F)c1)Nc1ccc(C(=O)NCC=C2CCC2)cc1OCC1CCC1. The second-order valence-corrected chi connectivity index (χ2v) is 9.99. The predicted octanol–water partition coefficient (Wildman–Crippen LogP) is 6.67. The minimum atomic E-state index is -4.96. The number of nitrogens with one attached hydrogen (secondary N) is 2. The molecule has 0 aromatic heterocycles. The van der Waals surface area contributed by atoms with Crippen molar-refractivity contribution in [2.24, 2.45) is 16.6 Å². The summed E-state index contributed by atoms with van der Waals surface area (Å²) in [6.07, 6.45) is -1.48. The van der Waals surface area contributed by atoms with Crippen LogP contribution in [0.5, 0.6) is 5.75 Å². The van der Waals surface area contributed by atoms with E-state index in [9.17, 15) is 31.1 Å². The Hall–Kier alpha value is -3.70. The van der Waals surface area contributed by atoms with Gasteiger partial charge in [0.05, 0.1) is 30.0 Å². The van der Waals surface area contributed by atoms with Gasteiger partial charge in [0.1, 0.15) is 5.75 Å². The molecule has 0 bridgehead atoms. The van der Waals surface area contributed by atoms with Gasteiger partial charge in [-0.05, 0) is 80.0 Å². The van der Waals surface area contributed by atoms with Crippen molar-refractivity contribution in [1.29, 1.82) is 0 Å². The van der Waals surface area contributed by atoms with Gasteiger partial charge in [0.25, 0.3) is 5.91 Å². The van der Waals surface area contributed by atoms with Gasteiger partial charge in [-0.15, -0.1) is 0 Å². The van der Waals surface area contributed by atoms with Gasteiger partial charge in [-0.2, -0.15) is 26.3 Å². The molecule has 2 aromatic rings. The van der Waals surface area contributed by atoms with Crippen LogP contribution >= 0.6 is 0 Å². The molecule has 0 spiro atoms. The highest BCUT2D eigenvalue weighted by Gasteiger charge is 2.36. The van der Waals surface area contributed by atoms with Crippen molar-refractivity contribution >= 4 is 17.6 Å². The third-order valence-electron chi connectivity index (χ3n) is 6.93. The smallest absolute Gasteiger partial charge is 0.416 e. The molecule has 0 saturated heterocycles. The Kier molecular flexibility index (Phi) is 8.95. The number of ether oxygens (including phenoxy) is 1. The van der Waals surface area contributed by atoms with Gasteiger partial charge in [-0.3, -0.25) is 4.79 Å². The summed E-state index contributed by atoms with van der Waals surface area (Å²) < 4.78 is 84.9. The second kappa shape index (κ2) is 12.2. The second-order valence-electron chi connectivity index (χ2n) is 9.99. The molecule has 4 rings (SSSR count). The fourth-order valence-electron chi connectivity index (χ4n) is 4.19.